The fourth-order valence-electron chi connectivity index (χ4n) is 5.75. The van der Waals surface area contributed by atoms with E-state index in [4.69, 9.17) is 0 Å². The largest absolute Gasteiger partial charge is 0.237 e. The van der Waals surface area contributed by atoms with Crippen molar-refractivity contribution in [2.75, 3.05) is 0 Å². The second-order valence-electron chi connectivity index (χ2n) is 9.95. The van der Waals surface area contributed by atoms with Gasteiger partial charge in [0.2, 0.25) is 0 Å². The highest BCUT2D eigenvalue weighted by atomic mass is 15.4. The van der Waals surface area contributed by atoms with Crippen molar-refractivity contribution in [3.63, 3.8) is 0 Å². The van der Waals surface area contributed by atoms with Crippen molar-refractivity contribution in [2.45, 2.75) is 11.1 Å². The molecule has 6 aromatic rings. The van der Waals surface area contributed by atoms with Crippen LogP contribution in [0.4, 0.5) is 0 Å². The average molecular weight is 517 g/mol. The molecule has 0 saturated heterocycles. The number of nitrogens with one attached hydrogen (secondary N) is 2. The van der Waals surface area contributed by atoms with E-state index in [0.29, 0.717) is 0 Å². The summed E-state index contributed by atoms with van der Waals surface area (Å²) in [5.74, 6) is 0. The highest BCUT2D eigenvalue weighted by molar-refractivity contribution is 5.52. The fraction of sp³-hybridized carbons (Fsp3) is 0.0526. The Labute approximate surface area is 237 Å². The summed E-state index contributed by atoms with van der Waals surface area (Å²) in [5.41, 5.74) is 13.4. The molecule has 0 aliphatic rings. The SMILES string of the molecule is c1ccc(C(NNC(c2ccccc2)(c2ccccc2)c2ccccc2)(c2ccccc2)c2ccccc2)cc1. The maximum atomic E-state index is 3.97. The summed E-state index contributed by atoms with van der Waals surface area (Å²) in [6.07, 6.45) is 0. The Hall–Kier alpha value is -4.76. The molecule has 40 heavy (non-hydrogen) atoms. The monoisotopic (exact) mass is 516 g/mol. The first-order chi connectivity index (χ1) is 19.8. The maximum Gasteiger partial charge on any atom is 0.107 e. The average Bonchev–Trinajstić information content (AvgIpc) is 3.06. The summed E-state index contributed by atoms with van der Waals surface area (Å²) in [5, 5.41) is 0. The predicted octanol–water partition coefficient (Wildman–Crippen LogP) is 8.06. The van der Waals surface area contributed by atoms with E-state index in [9.17, 15) is 0 Å². The molecule has 6 aromatic carbocycles. The van der Waals surface area contributed by atoms with Crippen molar-refractivity contribution in [1.29, 1.82) is 0 Å². The van der Waals surface area contributed by atoms with Crippen molar-refractivity contribution < 1.29 is 0 Å². The van der Waals surface area contributed by atoms with Gasteiger partial charge in [-0.25, -0.2) is 10.9 Å². The van der Waals surface area contributed by atoms with Gasteiger partial charge in [-0.1, -0.05) is 182 Å². The molecular formula is C38H32N2. The standard InChI is InChI=1S/C38H32N2/c1-7-19-31(20-8-1)37(32-21-9-2-10-22-32,33-23-11-3-12-24-33)39-40-38(34-25-13-4-14-26-34,35-27-15-5-16-28-35)36-29-17-6-18-30-36/h1-30,39-40H. The molecule has 0 amide bonds. The van der Waals surface area contributed by atoms with Crippen LogP contribution in [0.25, 0.3) is 0 Å². The van der Waals surface area contributed by atoms with E-state index in [-0.39, 0.29) is 0 Å². The third kappa shape index (κ3) is 4.65. The lowest BCUT2D eigenvalue weighted by atomic mass is 9.76. The van der Waals surface area contributed by atoms with Crippen molar-refractivity contribution >= 4 is 0 Å². The van der Waals surface area contributed by atoms with Gasteiger partial charge in [-0.2, -0.15) is 0 Å². The third-order valence-corrected chi connectivity index (χ3v) is 7.68. The predicted molar refractivity (Wildman–Crippen MR) is 165 cm³/mol. The van der Waals surface area contributed by atoms with Crippen LogP contribution in [0.2, 0.25) is 0 Å². The van der Waals surface area contributed by atoms with E-state index in [1.807, 2.05) is 0 Å². The van der Waals surface area contributed by atoms with Crippen LogP contribution >= 0.6 is 0 Å². The van der Waals surface area contributed by atoms with E-state index in [1.54, 1.807) is 0 Å². The summed E-state index contributed by atoms with van der Waals surface area (Å²) in [6.45, 7) is 0. The molecule has 0 unspecified atom stereocenters. The molecule has 6 rings (SSSR count). The number of hydrazine groups is 1. The molecule has 0 saturated carbocycles. The van der Waals surface area contributed by atoms with E-state index >= 15 is 0 Å². The Balaban J connectivity index is 1.62. The zero-order chi connectivity index (χ0) is 27.1. The van der Waals surface area contributed by atoms with Crippen LogP contribution in [0.5, 0.6) is 0 Å². The molecule has 0 aliphatic carbocycles. The first-order valence-corrected chi connectivity index (χ1v) is 13.7. The summed E-state index contributed by atoms with van der Waals surface area (Å²) in [4.78, 5) is 0. The van der Waals surface area contributed by atoms with Crippen LogP contribution in [0.15, 0.2) is 182 Å². The Morgan fingerprint density at radius 3 is 0.525 bits per heavy atom. The van der Waals surface area contributed by atoms with Crippen LogP contribution < -0.4 is 10.9 Å². The quantitative estimate of drug-likeness (QED) is 0.150. The van der Waals surface area contributed by atoms with Crippen molar-refractivity contribution in [3.05, 3.63) is 215 Å². The zero-order valence-corrected chi connectivity index (χ0v) is 22.3. The first kappa shape index (κ1) is 25.5. The Morgan fingerprint density at radius 2 is 0.375 bits per heavy atom. The second-order valence-corrected chi connectivity index (χ2v) is 9.95. The smallest absolute Gasteiger partial charge is 0.107 e. The van der Waals surface area contributed by atoms with Gasteiger partial charge >= 0.3 is 0 Å². The van der Waals surface area contributed by atoms with Gasteiger partial charge in [0.25, 0.3) is 0 Å². The van der Waals surface area contributed by atoms with Gasteiger partial charge in [0.1, 0.15) is 11.1 Å². The highest BCUT2D eigenvalue weighted by Crippen LogP contribution is 2.40. The lowest BCUT2D eigenvalue weighted by Crippen LogP contribution is -2.59. The van der Waals surface area contributed by atoms with Crippen LogP contribution in [-0.2, 0) is 11.1 Å². The number of hydrogen-bond acceptors (Lipinski definition) is 2. The van der Waals surface area contributed by atoms with Crippen molar-refractivity contribution in [2.24, 2.45) is 0 Å². The lowest BCUT2D eigenvalue weighted by Gasteiger charge is -2.43. The van der Waals surface area contributed by atoms with Gasteiger partial charge in [0.05, 0.1) is 0 Å². The van der Waals surface area contributed by atoms with Gasteiger partial charge in [0, 0.05) is 0 Å². The fourth-order valence-corrected chi connectivity index (χ4v) is 5.75. The van der Waals surface area contributed by atoms with Gasteiger partial charge < -0.3 is 0 Å². The Kier molecular flexibility index (Phi) is 7.37. The maximum absolute atomic E-state index is 3.97. The molecule has 0 heterocycles. The molecule has 0 bridgehead atoms. The van der Waals surface area contributed by atoms with Gasteiger partial charge in [0.15, 0.2) is 0 Å². The molecule has 0 spiro atoms. The molecule has 0 aromatic heterocycles. The lowest BCUT2D eigenvalue weighted by molar-refractivity contribution is 0.313. The topological polar surface area (TPSA) is 24.1 Å². The van der Waals surface area contributed by atoms with Crippen LogP contribution in [-0.4, -0.2) is 0 Å². The van der Waals surface area contributed by atoms with Gasteiger partial charge in [-0.05, 0) is 33.4 Å². The van der Waals surface area contributed by atoms with Crippen LogP contribution in [0, 0.1) is 0 Å². The molecule has 2 N–H and O–H groups in total. The second kappa shape index (κ2) is 11.5. The molecule has 0 fully saturated rings. The van der Waals surface area contributed by atoms with Crippen LogP contribution in [0.3, 0.4) is 0 Å². The summed E-state index contributed by atoms with van der Waals surface area (Å²) in [7, 11) is 0. The number of hydrogen-bond donors (Lipinski definition) is 2. The van der Waals surface area contributed by atoms with E-state index in [1.165, 1.54) is 0 Å². The summed E-state index contributed by atoms with van der Waals surface area (Å²) < 4.78 is 0. The number of benzene rings is 6. The minimum atomic E-state index is -0.687. The Bertz CT molecular complexity index is 1280. The molecule has 194 valence electrons. The highest BCUT2D eigenvalue weighted by Gasteiger charge is 2.42. The van der Waals surface area contributed by atoms with Crippen molar-refractivity contribution in [1.82, 2.24) is 10.9 Å². The van der Waals surface area contributed by atoms with Gasteiger partial charge in [-0.15, -0.1) is 0 Å². The first-order valence-electron chi connectivity index (χ1n) is 13.7. The summed E-state index contributed by atoms with van der Waals surface area (Å²) in [6, 6.07) is 64.1. The molecule has 0 aliphatic heterocycles. The zero-order valence-electron chi connectivity index (χ0n) is 22.3. The molecule has 0 atom stereocenters. The van der Waals surface area contributed by atoms with E-state index in [0.717, 1.165) is 33.4 Å². The minimum Gasteiger partial charge on any atom is -0.237 e. The molecule has 0 radical (unpaired) electrons. The van der Waals surface area contributed by atoms with E-state index in [2.05, 4.69) is 193 Å². The van der Waals surface area contributed by atoms with Crippen LogP contribution in [0.1, 0.15) is 33.4 Å². The summed E-state index contributed by atoms with van der Waals surface area (Å²) >= 11 is 0. The van der Waals surface area contributed by atoms with E-state index < -0.39 is 11.1 Å². The molecule has 2 heteroatoms. The molecular weight excluding hydrogens is 484 g/mol. The minimum absolute atomic E-state index is 0.687. The van der Waals surface area contributed by atoms with Crippen molar-refractivity contribution in [3.8, 4) is 0 Å². The normalized spacial score (nSPS) is 11.7. The molecule has 2 nitrogen and oxygen atoms in total. The third-order valence-electron chi connectivity index (χ3n) is 7.68. The van der Waals surface area contributed by atoms with Gasteiger partial charge in [-0.3, -0.25) is 0 Å². The Morgan fingerprint density at radius 1 is 0.225 bits per heavy atom. The number of rotatable bonds is 9.